The fraction of sp³-hybridized carbons (Fsp3) is 0.931. The second-order valence-corrected chi connectivity index (χ2v) is 12.6. The molecule has 0 radical (unpaired) electrons. The first-order chi connectivity index (χ1) is 24.0. The molecule has 0 aromatic rings. The minimum absolute atomic E-state index is 0.539. The standard InChI is InChI=1S/C29H52N2O20/c1-9(13(5-32)45-10(2)26(44)31-12(4)37)46-27-17(30-11(3)36)20(40)24(16(8-35)49-27)50-29-23(43)25(19(39)15(7-34)48-29)51-28-22(42)21(41)18(38)14(6-33)47-28/h9-10,13-29,32-35,38-44H,5-8H2,1-4H3,(H,30,36)(H,31,37)/t9-,10?,13?,14+,15?,16?,17?,18?,19?,20?,21?,22?,23?,24?,25?,26-,27?,28+,29?/m0/s1. The molecule has 19 atom stereocenters. The van der Waals surface area contributed by atoms with Crippen LogP contribution < -0.4 is 10.6 Å². The van der Waals surface area contributed by atoms with Gasteiger partial charge < -0.3 is 100.0 Å². The molecule has 0 aromatic carbocycles. The molecule has 51 heavy (non-hydrogen) atoms. The molecule has 0 bridgehead atoms. The maximum atomic E-state index is 12.2. The van der Waals surface area contributed by atoms with Gasteiger partial charge in [0.05, 0.1) is 38.6 Å². The Balaban J connectivity index is 1.80. The highest BCUT2D eigenvalue weighted by Crippen LogP contribution is 2.33. The Labute approximate surface area is 292 Å². The van der Waals surface area contributed by atoms with E-state index >= 15 is 0 Å². The van der Waals surface area contributed by atoms with Gasteiger partial charge in [0.25, 0.3) is 0 Å². The summed E-state index contributed by atoms with van der Waals surface area (Å²) in [6.07, 6.45) is -28.8. The van der Waals surface area contributed by atoms with E-state index in [0.717, 1.165) is 6.92 Å². The molecule has 3 fully saturated rings. The fourth-order valence-electron chi connectivity index (χ4n) is 5.83. The SMILES string of the molecule is CC(=O)NC1C(O[C@@H](C)C(CO)OC(C)[C@H](O)NC(C)=O)OC(CO)C(OC2OC(CO)C(O)C(O[C@H]3O[C@H](CO)C(O)C(O)C3O)C2O)C1O. The zero-order chi connectivity index (χ0) is 38.3. The molecule has 3 heterocycles. The van der Waals surface area contributed by atoms with E-state index in [4.69, 9.17) is 33.2 Å². The molecule has 3 aliphatic rings. The van der Waals surface area contributed by atoms with E-state index < -0.39 is 155 Å². The second-order valence-electron chi connectivity index (χ2n) is 12.6. The van der Waals surface area contributed by atoms with E-state index in [1.807, 2.05) is 0 Å². The molecule has 298 valence electrons. The lowest BCUT2D eigenvalue weighted by atomic mass is 9.95. The van der Waals surface area contributed by atoms with Crippen LogP contribution in [-0.4, -0.2) is 211 Å². The van der Waals surface area contributed by atoms with E-state index in [-0.39, 0.29) is 0 Å². The van der Waals surface area contributed by atoms with Crippen LogP contribution in [0.3, 0.4) is 0 Å². The minimum atomic E-state index is -1.99. The predicted octanol–water partition coefficient (Wildman–Crippen LogP) is -7.80. The molecule has 3 rings (SSSR count). The van der Waals surface area contributed by atoms with Gasteiger partial charge in [-0.25, -0.2) is 0 Å². The van der Waals surface area contributed by atoms with E-state index in [2.05, 4.69) is 10.6 Å². The Hall–Kier alpha value is -1.78. The summed E-state index contributed by atoms with van der Waals surface area (Å²) < 4.78 is 39.6. The molecule has 0 aliphatic carbocycles. The summed E-state index contributed by atoms with van der Waals surface area (Å²) in [4.78, 5) is 23.5. The predicted molar refractivity (Wildman–Crippen MR) is 162 cm³/mol. The molecule has 22 nitrogen and oxygen atoms in total. The number of carbonyl (C=O) groups is 2. The third kappa shape index (κ3) is 10.7. The third-order valence-electron chi connectivity index (χ3n) is 8.71. The number of hydrogen-bond donors (Lipinski definition) is 13. The molecular formula is C29H52N2O20. The zero-order valence-corrected chi connectivity index (χ0v) is 28.4. The summed E-state index contributed by atoms with van der Waals surface area (Å²) in [6.45, 7) is 2.00. The van der Waals surface area contributed by atoms with E-state index in [0.29, 0.717) is 0 Å². The number of nitrogens with one attached hydrogen (secondary N) is 2. The van der Waals surface area contributed by atoms with Crippen molar-refractivity contribution >= 4 is 11.8 Å². The van der Waals surface area contributed by atoms with E-state index in [1.165, 1.54) is 20.8 Å². The van der Waals surface area contributed by atoms with Gasteiger partial charge in [0.2, 0.25) is 11.8 Å². The van der Waals surface area contributed by atoms with Gasteiger partial charge >= 0.3 is 0 Å². The average molecular weight is 749 g/mol. The van der Waals surface area contributed by atoms with Gasteiger partial charge in [-0.15, -0.1) is 0 Å². The summed E-state index contributed by atoms with van der Waals surface area (Å²) in [5.74, 6) is -1.21. The Kier molecular flexibility index (Phi) is 16.7. The smallest absolute Gasteiger partial charge is 0.218 e. The quantitative estimate of drug-likeness (QED) is 0.0652. The summed E-state index contributed by atoms with van der Waals surface area (Å²) in [5.41, 5.74) is 0. The number of amides is 2. The normalized spacial score (nSPS) is 41.3. The molecule has 15 unspecified atom stereocenters. The van der Waals surface area contributed by atoms with Gasteiger partial charge in [0.15, 0.2) is 25.1 Å². The molecule has 0 spiro atoms. The van der Waals surface area contributed by atoms with Crippen LogP contribution in [-0.2, 0) is 42.7 Å². The van der Waals surface area contributed by atoms with Gasteiger partial charge in [-0.3, -0.25) is 9.59 Å². The van der Waals surface area contributed by atoms with Crippen molar-refractivity contribution in [1.29, 1.82) is 0 Å². The van der Waals surface area contributed by atoms with Crippen molar-refractivity contribution in [3.05, 3.63) is 0 Å². The number of rotatable bonds is 16. The number of ether oxygens (including phenoxy) is 7. The Bertz CT molecular complexity index is 1090. The summed E-state index contributed by atoms with van der Waals surface area (Å²) in [6, 6.07) is -1.44. The highest BCUT2D eigenvalue weighted by Gasteiger charge is 2.54. The van der Waals surface area contributed by atoms with Crippen molar-refractivity contribution in [3.63, 3.8) is 0 Å². The molecule has 3 saturated heterocycles. The van der Waals surface area contributed by atoms with Crippen LogP contribution in [0.5, 0.6) is 0 Å². The number of carbonyl (C=O) groups excluding carboxylic acids is 2. The molecule has 3 aliphatic heterocycles. The van der Waals surface area contributed by atoms with Crippen molar-refractivity contribution in [2.24, 2.45) is 0 Å². The first-order valence-electron chi connectivity index (χ1n) is 16.3. The van der Waals surface area contributed by atoms with Crippen LogP contribution in [0.1, 0.15) is 27.7 Å². The van der Waals surface area contributed by atoms with Crippen LogP contribution in [0.2, 0.25) is 0 Å². The van der Waals surface area contributed by atoms with Crippen LogP contribution in [0.15, 0.2) is 0 Å². The van der Waals surface area contributed by atoms with Crippen molar-refractivity contribution < 1.29 is 98.9 Å². The summed E-state index contributed by atoms with van der Waals surface area (Å²) in [5, 5.41) is 119. The van der Waals surface area contributed by atoms with Crippen LogP contribution in [0.25, 0.3) is 0 Å². The Morgan fingerprint density at radius 3 is 1.71 bits per heavy atom. The summed E-state index contributed by atoms with van der Waals surface area (Å²) >= 11 is 0. The van der Waals surface area contributed by atoms with Gasteiger partial charge in [-0.1, -0.05) is 0 Å². The van der Waals surface area contributed by atoms with Crippen molar-refractivity contribution in [1.82, 2.24) is 10.6 Å². The first kappa shape index (κ1) is 43.6. The maximum absolute atomic E-state index is 12.2. The van der Waals surface area contributed by atoms with Crippen molar-refractivity contribution in [3.8, 4) is 0 Å². The average Bonchev–Trinajstić information content (AvgIpc) is 3.08. The van der Waals surface area contributed by atoms with Gasteiger partial charge in [-0.05, 0) is 13.8 Å². The molecule has 0 saturated carbocycles. The minimum Gasteiger partial charge on any atom is -0.394 e. The molecule has 0 aromatic heterocycles. The second kappa shape index (κ2) is 19.5. The lowest BCUT2D eigenvalue weighted by Gasteiger charge is -2.49. The lowest BCUT2D eigenvalue weighted by molar-refractivity contribution is -0.377. The highest BCUT2D eigenvalue weighted by atomic mass is 16.8. The van der Waals surface area contributed by atoms with Gasteiger partial charge in [0.1, 0.15) is 79.3 Å². The topological polar surface area (TPSA) is 345 Å². The largest absolute Gasteiger partial charge is 0.394 e. The maximum Gasteiger partial charge on any atom is 0.218 e. The van der Waals surface area contributed by atoms with Gasteiger partial charge in [0, 0.05) is 13.8 Å². The Morgan fingerprint density at radius 1 is 0.647 bits per heavy atom. The molecular weight excluding hydrogens is 696 g/mol. The first-order valence-corrected chi connectivity index (χ1v) is 16.3. The van der Waals surface area contributed by atoms with E-state index in [9.17, 15) is 65.8 Å². The monoisotopic (exact) mass is 748 g/mol. The molecule has 22 heteroatoms. The fourth-order valence-corrected chi connectivity index (χ4v) is 5.83. The van der Waals surface area contributed by atoms with Crippen molar-refractivity contribution in [2.75, 3.05) is 26.4 Å². The zero-order valence-electron chi connectivity index (χ0n) is 28.4. The Morgan fingerprint density at radius 2 is 1.18 bits per heavy atom. The number of aliphatic hydroxyl groups excluding tert-OH is 11. The van der Waals surface area contributed by atoms with E-state index in [1.54, 1.807) is 0 Å². The number of aliphatic hydroxyl groups is 11. The van der Waals surface area contributed by atoms with Crippen LogP contribution in [0, 0.1) is 0 Å². The lowest BCUT2D eigenvalue weighted by Crippen LogP contribution is -2.68. The van der Waals surface area contributed by atoms with Gasteiger partial charge in [-0.2, -0.15) is 0 Å². The third-order valence-corrected chi connectivity index (χ3v) is 8.71. The highest BCUT2D eigenvalue weighted by molar-refractivity contribution is 5.73. The molecule has 2 amide bonds. The summed E-state index contributed by atoms with van der Waals surface area (Å²) in [7, 11) is 0. The molecule has 13 N–H and O–H groups in total. The van der Waals surface area contributed by atoms with Crippen molar-refractivity contribution in [2.45, 2.75) is 144 Å². The van der Waals surface area contributed by atoms with Crippen LogP contribution in [0.4, 0.5) is 0 Å². The number of hydrogen-bond acceptors (Lipinski definition) is 20. The van der Waals surface area contributed by atoms with Crippen LogP contribution >= 0.6 is 0 Å².